The van der Waals surface area contributed by atoms with E-state index in [0.717, 1.165) is 0 Å². The molecule has 2 amide bonds. The van der Waals surface area contributed by atoms with Crippen LogP contribution in [0.5, 0.6) is 0 Å². The number of carbonyl (C=O) groups is 2. The summed E-state index contributed by atoms with van der Waals surface area (Å²) in [6, 6.07) is 8.52. The van der Waals surface area contributed by atoms with Gasteiger partial charge in [-0.05, 0) is 18.6 Å². The van der Waals surface area contributed by atoms with Crippen molar-refractivity contribution in [1.82, 2.24) is 10.6 Å². The largest absolute Gasteiger partial charge is 0.422 e. The Morgan fingerprint density at radius 3 is 2.62 bits per heavy atom. The standard InChI is InChI=1S/C15H16N2O4/c1-10(18)16-7-4-8-17-14(19)12-9-11-5-2-3-6-13(11)21-15(12)20/h2-3,5-6,9H,4,7-8H2,1H3,(H,16,18)(H,17,19). The predicted molar refractivity (Wildman–Crippen MR) is 78.1 cm³/mol. The molecular formula is C15H16N2O4. The van der Waals surface area contributed by atoms with Gasteiger partial charge in [-0.15, -0.1) is 0 Å². The molecule has 0 bridgehead atoms. The normalized spacial score (nSPS) is 10.3. The van der Waals surface area contributed by atoms with Crippen molar-refractivity contribution >= 4 is 22.8 Å². The molecule has 0 spiro atoms. The van der Waals surface area contributed by atoms with Crippen molar-refractivity contribution in [3.63, 3.8) is 0 Å². The second kappa shape index (κ2) is 6.69. The highest BCUT2D eigenvalue weighted by molar-refractivity contribution is 5.96. The van der Waals surface area contributed by atoms with Crippen LogP contribution in [0.2, 0.25) is 0 Å². The second-order valence-electron chi connectivity index (χ2n) is 4.58. The highest BCUT2D eigenvalue weighted by atomic mass is 16.4. The molecule has 2 rings (SSSR count). The number of carbonyl (C=O) groups excluding carboxylic acids is 2. The van der Waals surface area contributed by atoms with E-state index in [4.69, 9.17) is 4.42 Å². The minimum atomic E-state index is -0.659. The van der Waals surface area contributed by atoms with Crippen LogP contribution in [0.3, 0.4) is 0 Å². The first-order valence-corrected chi connectivity index (χ1v) is 6.63. The predicted octanol–water partition coefficient (Wildman–Crippen LogP) is 1.05. The van der Waals surface area contributed by atoms with Crippen LogP contribution in [0.15, 0.2) is 39.5 Å². The minimum absolute atomic E-state index is 0.0202. The smallest absolute Gasteiger partial charge is 0.349 e. The number of benzene rings is 1. The van der Waals surface area contributed by atoms with Crippen LogP contribution in [-0.4, -0.2) is 24.9 Å². The number of fused-ring (bicyclic) bond motifs is 1. The fourth-order valence-electron chi connectivity index (χ4n) is 1.87. The Morgan fingerprint density at radius 1 is 1.14 bits per heavy atom. The first kappa shape index (κ1) is 14.8. The van der Waals surface area contributed by atoms with Gasteiger partial charge in [-0.25, -0.2) is 4.79 Å². The van der Waals surface area contributed by atoms with Gasteiger partial charge in [0.15, 0.2) is 0 Å². The number of amides is 2. The first-order valence-electron chi connectivity index (χ1n) is 6.63. The highest BCUT2D eigenvalue weighted by Crippen LogP contribution is 2.12. The molecule has 0 saturated heterocycles. The van der Waals surface area contributed by atoms with Gasteiger partial charge in [0.1, 0.15) is 11.1 Å². The fraction of sp³-hybridized carbons (Fsp3) is 0.267. The van der Waals surface area contributed by atoms with E-state index in [0.29, 0.717) is 30.5 Å². The van der Waals surface area contributed by atoms with Gasteiger partial charge in [0, 0.05) is 25.4 Å². The summed E-state index contributed by atoms with van der Waals surface area (Å²) in [4.78, 5) is 34.4. The van der Waals surface area contributed by atoms with Crippen LogP contribution < -0.4 is 16.3 Å². The summed E-state index contributed by atoms with van der Waals surface area (Å²) >= 11 is 0. The second-order valence-corrected chi connectivity index (χ2v) is 4.58. The average Bonchev–Trinajstić information content (AvgIpc) is 2.45. The summed E-state index contributed by atoms with van der Waals surface area (Å²) in [5.41, 5.74) is -0.231. The lowest BCUT2D eigenvalue weighted by atomic mass is 10.2. The summed E-state index contributed by atoms with van der Waals surface area (Å²) < 4.78 is 5.10. The SMILES string of the molecule is CC(=O)NCCCNC(=O)c1cc2ccccc2oc1=O. The summed E-state index contributed by atoms with van der Waals surface area (Å²) in [6.07, 6.45) is 0.588. The molecule has 0 radical (unpaired) electrons. The van der Waals surface area contributed by atoms with Crippen LogP contribution in [0.1, 0.15) is 23.7 Å². The Kier molecular flexibility index (Phi) is 4.71. The molecule has 0 aliphatic rings. The Balaban J connectivity index is 2.01. The quantitative estimate of drug-likeness (QED) is 0.636. The lowest BCUT2D eigenvalue weighted by Crippen LogP contribution is -2.31. The van der Waals surface area contributed by atoms with E-state index in [1.807, 2.05) is 0 Å². The van der Waals surface area contributed by atoms with Crippen molar-refractivity contribution in [2.24, 2.45) is 0 Å². The van der Waals surface area contributed by atoms with Crippen molar-refractivity contribution in [2.75, 3.05) is 13.1 Å². The number of rotatable bonds is 5. The van der Waals surface area contributed by atoms with Crippen LogP contribution in [0, 0.1) is 0 Å². The highest BCUT2D eigenvalue weighted by Gasteiger charge is 2.12. The van der Waals surface area contributed by atoms with Crippen molar-refractivity contribution in [2.45, 2.75) is 13.3 Å². The van der Waals surface area contributed by atoms with E-state index in [1.165, 1.54) is 13.0 Å². The van der Waals surface area contributed by atoms with Crippen molar-refractivity contribution in [1.29, 1.82) is 0 Å². The van der Waals surface area contributed by atoms with Crippen molar-refractivity contribution < 1.29 is 14.0 Å². The summed E-state index contributed by atoms with van der Waals surface area (Å²) in [5.74, 6) is -0.589. The van der Waals surface area contributed by atoms with E-state index >= 15 is 0 Å². The molecule has 21 heavy (non-hydrogen) atoms. The molecule has 6 heteroatoms. The molecule has 0 atom stereocenters. The lowest BCUT2D eigenvalue weighted by molar-refractivity contribution is -0.118. The summed E-state index contributed by atoms with van der Waals surface area (Å²) in [6.45, 7) is 2.27. The zero-order valence-electron chi connectivity index (χ0n) is 11.6. The Bertz CT molecular complexity index is 721. The number of hydrogen-bond acceptors (Lipinski definition) is 4. The molecule has 0 aliphatic heterocycles. The maximum Gasteiger partial charge on any atom is 0.349 e. The van der Waals surface area contributed by atoms with E-state index in [-0.39, 0.29) is 11.5 Å². The number of nitrogens with one attached hydrogen (secondary N) is 2. The molecule has 1 aromatic heterocycles. The molecule has 0 aliphatic carbocycles. The van der Waals surface area contributed by atoms with E-state index in [1.54, 1.807) is 24.3 Å². The third-order valence-corrected chi connectivity index (χ3v) is 2.90. The van der Waals surface area contributed by atoms with Gasteiger partial charge in [0.25, 0.3) is 5.91 Å². The third kappa shape index (κ3) is 3.92. The molecule has 0 fully saturated rings. The topological polar surface area (TPSA) is 88.4 Å². The molecule has 1 heterocycles. The summed E-state index contributed by atoms with van der Waals surface area (Å²) in [5, 5.41) is 5.95. The van der Waals surface area contributed by atoms with Crippen LogP contribution in [0.25, 0.3) is 11.0 Å². The minimum Gasteiger partial charge on any atom is -0.422 e. The molecule has 2 aromatic rings. The average molecular weight is 288 g/mol. The maximum atomic E-state index is 11.9. The zero-order chi connectivity index (χ0) is 15.2. The Hall–Kier alpha value is -2.63. The monoisotopic (exact) mass is 288 g/mol. The molecule has 1 aromatic carbocycles. The molecule has 110 valence electrons. The van der Waals surface area contributed by atoms with E-state index in [2.05, 4.69) is 10.6 Å². The first-order chi connectivity index (χ1) is 10.1. The van der Waals surface area contributed by atoms with E-state index < -0.39 is 11.5 Å². The number of hydrogen-bond donors (Lipinski definition) is 2. The van der Waals surface area contributed by atoms with Gasteiger partial charge in [0.2, 0.25) is 5.91 Å². The summed E-state index contributed by atoms with van der Waals surface area (Å²) in [7, 11) is 0. The van der Waals surface area contributed by atoms with Gasteiger partial charge >= 0.3 is 5.63 Å². The molecule has 2 N–H and O–H groups in total. The van der Waals surface area contributed by atoms with Gasteiger partial charge in [-0.2, -0.15) is 0 Å². The number of para-hydroxylation sites is 1. The molecular weight excluding hydrogens is 272 g/mol. The lowest BCUT2D eigenvalue weighted by Gasteiger charge is -2.05. The van der Waals surface area contributed by atoms with E-state index in [9.17, 15) is 14.4 Å². The van der Waals surface area contributed by atoms with Crippen molar-refractivity contribution in [3.05, 3.63) is 46.3 Å². The van der Waals surface area contributed by atoms with Crippen LogP contribution in [0.4, 0.5) is 0 Å². The maximum absolute atomic E-state index is 11.9. The molecule has 0 saturated carbocycles. The molecule has 6 nitrogen and oxygen atoms in total. The Labute approximate surface area is 121 Å². The van der Waals surface area contributed by atoms with Crippen LogP contribution >= 0.6 is 0 Å². The fourth-order valence-corrected chi connectivity index (χ4v) is 1.87. The van der Waals surface area contributed by atoms with Crippen LogP contribution in [-0.2, 0) is 4.79 Å². The Morgan fingerprint density at radius 2 is 1.86 bits per heavy atom. The third-order valence-electron chi connectivity index (χ3n) is 2.90. The van der Waals surface area contributed by atoms with Gasteiger partial charge in [-0.3, -0.25) is 9.59 Å². The van der Waals surface area contributed by atoms with Crippen molar-refractivity contribution in [3.8, 4) is 0 Å². The van der Waals surface area contributed by atoms with Gasteiger partial charge in [0.05, 0.1) is 0 Å². The van der Waals surface area contributed by atoms with Gasteiger partial charge in [-0.1, -0.05) is 18.2 Å². The van der Waals surface area contributed by atoms with Gasteiger partial charge < -0.3 is 15.1 Å². The molecule has 0 unspecified atom stereocenters. The zero-order valence-corrected chi connectivity index (χ0v) is 11.6.